The SMILES string of the molecule is CC(CN1CC(c2cccnc2)NC1=O)C(=O)O. The lowest BCUT2D eigenvalue weighted by Gasteiger charge is -2.17. The van der Waals surface area contributed by atoms with Crippen LogP contribution in [0.4, 0.5) is 4.79 Å². The zero-order valence-electron chi connectivity index (χ0n) is 10.0. The molecular formula is C12H15N3O3. The van der Waals surface area contributed by atoms with Gasteiger partial charge in [0.1, 0.15) is 0 Å². The Morgan fingerprint density at radius 2 is 2.50 bits per heavy atom. The molecule has 1 fully saturated rings. The topological polar surface area (TPSA) is 82.5 Å². The largest absolute Gasteiger partial charge is 0.481 e. The average Bonchev–Trinajstić information content (AvgIpc) is 2.72. The van der Waals surface area contributed by atoms with Crippen LogP contribution in [0.5, 0.6) is 0 Å². The van der Waals surface area contributed by atoms with Gasteiger partial charge in [0.2, 0.25) is 0 Å². The van der Waals surface area contributed by atoms with Crippen LogP contribution in [0.15, 0.2) is 24.5 Å². The van der Waals surface area contributed by atoms with Crippen molar-refractivity contribution in [3.05, 3.63) is 30.1 Å². The Morgan fingerprint density at radius 1 is 1.72 bits per heavy atom. The first kappa shape index (κ1) is 12.3. The summed E-state index contributed by atoms with van der Waals surface area (Å²) in [4.78, 5) is 28.0. The first-order valence-corrected chi connectivity index (χ1v) is 5.76. The molecule has 0 saturated carbocycles. The Balaban J connectivity index is 2.01. The number of carboxylic acid groups (broad SMARTS) is 1. The number of carboxylic acids is 1. The second-order valence-corrected chi connectivity index (χ2v) is 4.43. The fourth-order valence-corrected chi connectivity index (χ4v) is 1.93. The molecule has 2 amide bonds. The molecule has 1 aliphatic rings. The quantitative estimate of drug-likeness (QED) is 0.829. The van der Waals surface area contributed by atoms with Crippen LogP contribution >= 0.6 is 0 Å². The van der Waals surface area contributed by atoms with Gasteiger partial charge in [0.25, 0.3) is 0 Å². The van der Waals surface area contributed by atoms with Gasteiger partial charge in [0, 0.05) is 25.5 Å². The van der Waals surface area contributed by atoms with E-state index in [1.54, 1.807) is 19.3 Å². The second-order valence-electron chi connectivity index (χ2n) is 4.43. The van der Waals surface area contributed by atoms with Gasteiger partial charge in [-0.1, -0.05) is 13.0 Å². The number of urea groups is 1. The minimum atomic E-state index is -0.896. The van der Waals surface area contributed by atoms with Crippen LogP contribution in [-0.4, -0.2) is 40.1 Å². The van der Waals surface area contributed by atoms with Crippen LogP contribution in [0.2, 0.25) is 0 Å². The van der Waals surface area contributed by atoms with Gasteiger partial charge in [-0.15, -0.1) is 0 Å². The van der Waals surface area contributed by atoms with E-state index in [1.165, 1.54) is 4.90 Å². The number of hydrogen-bond donors (Lipinski definition) is 2. The number of carbonyl (C=O) groups is 2. The standard InChI is InChI=1S/C12H15N3O3/c1-8(11(16)17)6-15-7-10(14-12(15)18)9-3-2-4-13-5-9/h2-5,8,10H,6-7H2,1H3,(H,14,18)(H,16,17). The summed E-state index contributed by atoms with van der Waals surface area (Å²) < 4.78 is 0. The lowest BCUT2D eigenvalue weighted by molar-refractivity contribution is -0.141. The van der Waals surface area contributed by atoms with Crippen LogP contribution in [0.25, 0.3) is 0 Å². The predicted molar refractivity (Wildman–Crippen MR) is 63.9 cm³/mol. The van der Waals surface area contributed by atoms with Crippen molar-refractivity contribution in [2.24, 2.45) is 5.92 Å². The average molecular weight is 249 g/mol. The number of amides is 2. The van der Waals surface area contributed by atoms with Gasteiger partial charge < -0.3 is 15.3 Å². The predicted octanol–water partition coefficient (Wildman–Crippen LogP) is 0.869. The van der Waals surface area contributed by atoms with Gasteiger partial charge in [0.15, 0.2) is 0 Å². The molecule has 1 saturated heterocycles. The molecular weight excluding hydrogens is 234 g/mol. The molecule has 0 radical (unpaired) electrons. The minimum absolute atomic E-state index is 0.118. The Morgan fingerprint density at radius 3 is 3.11 bits per heavy atom. The zero-order chi connectivity index (χ0) is 13.1. The van der Waals surface area contributed by atoms with Crippen molar-refractivity contribution < 1.29 is 14.7 Å². The monoisotopic (exact) mass is 249 g/mol. The highest BCUT2D eigenvalue weighted by Crippen LogP contribution is 2.20. The van der Waals surface area contributed by atoms with Crippen molar-refractivity contribution in [2.75, 3.05) is 13.1 Å². The summed E-state index contributed by atoms with van der Waals surface area (Å²) >= 11 is 0. The van der Waals surface area contributed by atoms with Gasteiger partial charge >= 0.3 is 12.0 Å². The van der Waals surface area contributed by atoms with Crippen molar-refractivity contribution in [3.63, 3.8) is 0 Å². The first-order valence-electron chi connectivity index (χ1n) is 5.76. The molecule has 2 unspecified atom stereocenters. The number of aromatic nitrogens is 1. The van der Waals surface area contributed by atoms with Gasteiger partial charge in [-0.2, -0.15) is 0 Å². The molecule has 2 heterocycles. The molecule has 1 aromatic heterocycles. The lowest BCUT2D eigenvalue weighted by Crippen LogP contribution is -2.34. The lowest BCUT2D eigenvalue weighted by atomic mass is 10.1. The summed E-state index contributed by atoms with van der Waals surface area (Å²) in [5.74, 6) is -1.46. The Bertz CT molecular complexity index is 449. The van der Waals surface area contributed by atoms with Gasteiger partial charge in [-0.25, -0.2) is 4.79 Å². The molecule has 0 bridgehead atoms. The van der Waals surface area contributed by atoms with E-state index in [0.29, 0.717) is 6.54 Å². The van der Waals surface area contributed by atoms with Crippen LogP contribution in [0.3, 0.4) is 0 Å². The number of hydrogen-bond acceptors (Lipinski definition) is 3. The highest BCUT2D eigenvalue weighted by molar-refractivity contribution is 5.78. The zero-order valence-corrected chi connectivity index (χ0v) is 10.0. The summed E-state index contributed by atoms with van der Waals surface area (Å²) in [5.41, 5.74) is 0.927. The van der Waals surface area contributed by atoms with Crippen LogP contribution in [0, 0.1) is 5.92 Å². The molecule has 2 rings (SSSR count). The summed E-state index contributed by atoms with van der Waals surface area (Å²) in [6.45, 7) is 2.28. The van der Waals surface area contributed by atoms with Crippen LogP contribution < -0.4 is 5.32 Å². The van der Waals surface area contributed by atoms with E-state index >= 15 is 0 Å². The molecule has 6 heteroatoms. The maximum atomic E-state index is 11.7. The fourth-order valence-electron chi connectivity index (χ4n) is 1.93. The smallest absolute Gasteiger partial charge is 0.318 e. The Hall–Kier alpha value is -2.11. The van der Waals surface area contributed by atoms with E-state index < -0.39 is 11.9 Å². The Kier molecular flexibility index (Phi) is 3.45. The molecule has 1 aromatic rings. The van der Waals surface area contributed by atoms with Crippen molar-refractivity contribution in [1.29, 1.82) is 0 Å². The normalized spacial score (nSPS) is 20.6. The third-order valence-electron chi connectivity index (χ3n) is 2.99. The highest BCUT2D eigenvalue weighted by atomic mass is 16.4. The molecule has 0 spiro atoms. The minimum Gasteiger partial charge on any atom is -0.481 e. The second kappa shape index (κ2) is 5.03. The first-order chi connectivity index (χ1) is 8.58. The number of aliphatic carboxylic acids is 1. The number of carbonyl (C=O) groups excluding carboxylic acids is 1. The van der Waals surface area contributed by atoms with E-state index in [2.05, 4.69) is 10.3 Å². The van der Waals surface area contributed by atoms with E-state index in [0.717, 1.165) is 5.56 Å². The van der Waals surface area contributed by atoms with Crippen molar-refractivity contribution in [3.8, 4) is 0 Å². The molecule has 0 aromatic carbocycles. The maximum absolute atomic E-state index is 11.7. The summed E-state index contributed by atoms with van der Waals surface area (Å²) in [6, 6.07) is 3.36. The van der Waals surface area contributed by atoms with E-state index in [-0.39, 0.29) is 18.6 Å². The number of nitrogens with zero attached hydrogens (tertiary/aromatic N) is 2. The molecule has 18 heavy (non-hydrogen) atoms. The molecule has 6 nitrogen and oxygen atoms in total. The summed E-state index contributed by atoms with van der Waals surface area (Å²) in [5, 5.41) is 11.7. The van der Waals surface area contributed by atoms with Crippen molar-refractivity contribution in [2.45, 2.75) is 13.0 Å². The van der Waals surface area contributed by atoms with Gasteiger partial charge in [0.05, 0.1) is 12.0 Å². The van der Waals surface area contributed by atoms with Crippen molar-refractivity contribution in [1.82, 2.24) is 15.2 Å². The molecule has 2 N–H and O–H groups in total. The van der Waals surface area contributed by atoms with Gasteiger partial charge in [-0.05, 0) is 11.6 Å². The Labute approximate surface area is 105 Å². The molecule has 96 valence electrons. The summed E-state index contributed by atoms with van der Waals surface area (Å²) in [6.07, 6.45) is 3.37. The van der Waals surface area contributed by atoms with E-state index in [4.69, 9.17) is 5.11 Å². The number of rotatable bonds is 4. The van der Waals surface area contributed by atoms with Crippen molar-refractivity contribution >= 4 is 12.0 Å². The molecule has 1 aliphatic heterocycles. The number of nitrogens with one attached hydrogen (secondary N) is 1. The third kappa shape index (κ3) is 2.58. The molecule has 0 aliphatic carbocycles. The van der Waals surface area contributed by atoms with Crippen LogP contribution in [-0.2, 0) is 4.79 Å². The van der Waals surface area contributed by atoms with Crippen LogP contribution in [0.1, 0.15) is 18.5 Å². The third-order valence-corrected chi connectivity index (χ3v) is 2.99. The number of pyridine rings is 1. The van der Waals surface area contributed by atoms with E-state index in [1.807, 2.05) is 12.1 Å². The van der Waals surface area contributed by atoms with E-state index in [9.17, 15) is 9.59 Å². The fraction of sp³-hybridized carbons (Fsp3) is 0.417. The summed E-state index contributed by atoms with van der Waals surface area (Å²) in [7, 11) is 0. The molecule has 2 atom stereocenters. The highest BCUT2D eigenvalue weighted by Gasteiger charge is 2.31. The maximum Gasteiger partial charge on any atom is 0.318 e. The van der Waals surface area contributed by atoms with Gasteiger partial charge in [-0.3, -0.25) is 9.78 Å².